The number of phenols is 2. The van der Waals surface area contributed by atoms with Crippen molar-refractivity contribution >= 4 is 22.7 Å². The predicted octanol–water partition coefficient (Wildman–Crippen LogP) is 4.75. The van der Waals surface area contributed by atoms with Crippen LogP contribution < -0.4 is 41.0 Å². The largest absolute Gasteiger partial charge is 0.507 e. The van der Waals surface area contributed by atoms with Gasteiger partial charge in [-0.1, -0.05) is 24.3 Å². The summed E-state index contributed by atoms with van der Waals surface area (Å²) in [5, 5.41) is 27.9. The number of para-hydroxylation sites is 4. The Kier molecular flexibility index (Phi) is 11.3. The van der Waals surface area contributed by atoms with Crippen LogP contribution in [0.5, 0.6) is 34.5 Å². The summed E-state index contributed by atoms with van der Waals surface area (Å²) < 4.78 is 35.2. The van der Waals surface area contributed by atoms with Crippen molar-refractivity contribution in [3.63, 3.8) is 0 Å². The van der Waals surface area contributed by atoms with Crippen molar-refractivity contribution in [3.05, 3.63) is 83.9 Å². The van der Waals surface area contributed by atoms with Gasteiger partial charge >= 0.3 is 0 Å². The molecule has 5 rings (SSSR count). The average molecular weight is 633 g/mol. The number of nitrogens with one attached hydrogen (secondary N) is 2. The Morgan fingerprint density at radius 2 is 0.848 bits per heavy atom. The Balaban J connectivity index is 1.21. The molecule has 12 nitrogen and oxygen atoms in total. The SMILES string of the molecule is Nc1ccccc1NCc1cc2c(cc1O)OCCOCCOc1cc(O)c(CNc3ccccc3N)cc1OCCOCCO2. The summed E-state index contributed by atoms with van der Waals surface area (Å²) in [6.07, 6.45) is 0. The summed E-state index contributed by atoms with van der Waals surface area (Å²) in [6.45, 7) is 2.66. The van der Waals surface area contributed by atoms with Crippen molar-refractivity contribution in [1.29, 1.82) is 0 Å². The zero-order valence-electron chi connectivity index (χ0n) is 25.5. The van der Waals surface area contributed by atoms with Crippen molar-refractivity contribution in [2.75, 3.05) is 75.0 Å². The van der Waals surface area contributed by atoms with Gasteiger partial charge in [0.2, 0.25) is 0 Å². The molecule has 0 radical (unpaired) electrons. The number of aromatic hydroxyl groups is 2. The average Bonchev–Trinajstić information content (AvgIpc) is 3.05. The van der Waals surface area contributed by atoms with Crippen LogP contribution in [0.4, 0.5) is 22.7 Å². The van der Waals surface area contributed by atoms with Crippen LogP contribution in [0, 0.1) is 0 Å². The molecule has 0 atom stereocenters. The first kappa shape index (κ1) is 32.2. The molecular weight excluding hydrogens is 592 g/mol. The maximum Gasteiger partial charge on any atom is 0.165 e. The number of rotatable bonds is 6. The molecule has 1 aliphatic rings. The van der Waals surface area contributed by atoms with E-state index < -0.39 is 0 Å². The number of nitrogens with two attached hydrogens (primary N) is 2. The smallest absolute Gasteiger partial charge is 0.165 e. The molecule has 0 amide bonds. The first-order valence-electron chi connectivity index (χ1n) is 15.0. The second-order valence-corrected chi connectivity index (χ2v) is 10.4. The Morgan fingerprint density at radius 3 is 1.22 bits per heavy atom. The summed E-state index contributed by atoms with van der Waals surface area (Å²) in [5.74, 6) is 1.81. The number of nitrogen functional groups attached to an aromatic ring is 2. The highest BCUT2D eigenvalue weighted by atomic mass is 16.6. The van der Waals surface area contributed by atoms with Crippen molar-refractivity contribution in [1.82, 2.24) is 0 Å². The molecule has 12 heteroatoms. The molecule has 0 spiro atoms. The third-order valence-electron chi connectivity index (χ3n) is 7.09. The van der Waals surface area contributed by atoms with Gasteiger partial charge in [0, 0.05) is 36.3 Å². The zero-order chi connectivity index (χ0) is 32.1. The molecule has 46 heavy (non-hydrogen) atoms. The fraction of sp³-hybridized carbons (Fsp3) is 0.294. The van der Waals surface area contributed by atoms with Gasteiger partial charge in [-0.15, -0.1) is 0 Å². The minimum atomic E-state index is 0.0549. The summed E-state index contributed by atoms with van der Waals surface area (Å²) in [5.41, 5.74) is 16.0. The monoisotopic (exact) mass is 632 g/mol. The van der Waals surface area contributed by atoms with Gasteiger partial charge in [-0.2, -0.15) is 0 Å². The van der Waals surface area contributed by atoms with Crippen molar-refractivity contribution in [3.8, 4) is 34.5 Å². The standard InChI is InChI=1S/C34H40N4O8/c35-25-5-1-3-7-27(25)37-21-23-17-31-33(19-29(23)39)45-15-11-42-12-16-46-34-20-30(40)24(22-38-28-8-4-2-6-26(28)36)18-32(34)44-14-10-41-9-13-43-31/h1-8,17-20,37-40H,9-16,21-22,35-36H2. The lowest BCUT2D eigenvalue weighted by Gasteiger charge is -2.18. The van der Waals surface area contributed by atoms with Crippen molar-refractivity contribution in [2.45, 2.75) is 13.1 Å². The Labute approximate surface area is 267 Å². The number of fused-ring (bicyclic) bond motifs is 2. The minimum absolute atomic E-state index is 0.0549. The Bertz CT molecular complexity index is 1470. The van der Waals surface area contributed by atoms with E-state index in [2.05, 4.69) is 10.6 Å². The van der Waals surface area contributed by atoms with Crippen LogP contribution in [0.1, 0.15) is 11.1 Å². The molecule has 0 saturated heterocycles. The highest BCUT2D eigenvalue weighted by Crippen LogP contribution is 2.36. The van der Waals surface area contributed by atoms with E-state index >= 15 is 0 Å². The second-order valence-electron chi connectivity index (χ2n) is 10.4. The lowest BCUT2D eigenvalue weighted by Crippen LogP contribution is -2.16. The van der Waals surface area contributed by atoms with E-state index in [0.717, 1.165) is 11.4 Å². The van der Waals surface area contributed by atoms with Crippen LogP contribution in [0.25, 0.3) is 0 Å². The van der Waals surface area contributed by atoms with Crippen LogP contribution >= 0.6 is 0 Å². The first-order chi connectivity index (χ1) is 22.5. The Hall–Kier alpha value is -5.20. The van der Waals surface area contributed by atoms with Crippen LogP contribution in [-0.2, 0) is 22.6 Å². The molecule has 244 valence electrons. The van der Waals surface area contributed by atoms with Crippen LogP contribution in [0.3, 0.4) is 0 Å². The Morgan fingerprint density at radius 1 is 0.500 bits per heavy atom. The highest BCUT2D eigenvalue weighted by molar-refractivity contribution is 5.67. The van der Waals surface area contributed by atoms with Gasteiger partial charge in [-0.25, -0.2) is 0 Å². The summed E-state index contributed by atoms with van der Waals surface area (Å²) >= 11 is 0. The quantitative estimate of drug-likeness (QED) is 0.161. The van der Waals surface area contributed by atoms with E-state index in [1.807, 2.05) is 36.4 Å². The molecule has 0 unspecified atom stereocenters. The van der Waals surface area contributed by atoms with Gasteiger partial charge in [0.05, 0.1) is 49.2 Å². The van der Waals surface area contributed by atoms with Crippen molar-refractivity contribution < 1.29 is 38.6 Å². The molecule has 4 aromatic carbocycles. The lowest BCUT2D eigenvalue weighted by atomic mass is 10.1. The maximum atomic E-state index is 10.7. The molecule has 4 aromatic rings. The van der Waals surface area contributed by atoms with Gasteiger partial charge in [0.1, 0.15) is 37.9 Å². The molecule has 0 fully saturated rings. The van der Waals surface area contributed by atoms with Gasteiger partial charge in [-0.3, -0.25) is 0 Å². The van der Waals surface area contributed by atoms with E-state index in [1.165, 1.54) is 12.1 Å². The summed E-state index contributed by atoms with van der Waals surface area (Å²) in [4.78, 5) is 0. The van der Waals surface area contributed by atoms with Crippen LogP contribution in [-0.4, -0.2) is 63.1 Å². The molecule has 0 aliphatic carbocycles. The van der Waals surface area contributed by atoms with E-state index in [0.29, 0.717) is 58.6 Å². The maximum absolute atomic E-state index is 10.7. The summed E-state index contributed by atoms with van der Waals surface area (Å²) in [7, 11) is 0. The van der Waals surface area contributed by atoms with Crippen molar-refractivity contribution in [2.24, 2.45) is 0 Å². The first-order valence-corrected chi connectivity index (χ1v) is 15.0. The van der Waals surface area contributed by atoms with E-state index in [9.17, 15) is 10.2 Å². The molecule has 0 aromatic heterocycles. The van der Waals surface area contributed by atoms with E-state index in [-0.39, 0.29) is 64.4 Å². The highest BCUT2D eigenvalue weighted by Gasteiger charge is 2.15. The molecule has 8 N–H and O–H groups in total. The second kappa shape index (κ2) is 16.2. The van der Waals surface area contributed by atoms with Crippen LogP contribution in [0.15, 0.2) is 72.8 Å². The fourth-order valence-electron chi connectivity index (χ4n) is 4.66. The summed E-state index contributed by atoms with van der Waals surface area (Å²) in [6, 6.07) is 21.3. The predicted molar refractivity (Wildman–Crippen MR) is 176 cm³/mol. The van der Waals surface area contributed by atoms with Gasteiger partial charge in [0.25, 0.3) is 0 Å². The molecule has 1 heterocycles. The topological polar surface area (TPSA) is 172 Å². The van der Waals surface area contributed by atoms with Crippen LogP contribution in [0.2, 0.25) is 0 Å². The molecule has 0 bridgehead atoms. The van der Waals surface area contributed by atoms with E-state index in [1.54, 1.807) is 24.3 Å². The molecular formula is C34H40N4O8. The van der Waals surface area contributed by atoms with Gasteiger partial charge < -0.3 is 60.7 Å². The minimum Gasteiger partial charge on any atom is -0.507 e. The number of hydrogen-bond donors (Lipinski definition) is 6. The van der Waals surface area contributed by atoms with Gasteiger partial charge in [-0.05, 0) is 36.4 Å². The van der Waals surface area contributed by atoms with E-state index in [4.69, 9.17) is 39.9 Å². The third kappa shape index (κ3) is 8.93. The third-order valence-corrected chi connectivity index (χ3v) is 7.09. The number of benzene rings is 4. The fourth-order valence-corrected chi connectivity index (χ4v) is 4.66. The normalized spacial score (nSPS) is 14.4. The zero-order valence-corrected chi connectivity index (χ0v) is 25.5. The lowest BCUT2D eigenvalue weighted by molar-refractivity contribution is 0.0638. The number of hydrogen-bond acceptors (Lipinski definition) is 12. The number of ether oxygens (including phenoxy) is 6. The van der Waals surface area contributed by atoms with Gasteiger partial charge in [0.15, 0.2) is 23.0 Å². The number of anilines is 4. The molecule has 1 aliphatic heterocycles. The number of phenolic OH excluding ortho intramolecular Hbond substituents is 2. The molecule has 0 saturated carbocycles.